The standard InChI is InChI=1S/C16H16BrFO3/c1-19-12-6-11(7-13(9-12)20-2)16(17)10-4-5-15(21-3)14(18)8-10/h4-9,16H,1-3H3. The molecule has 0 spiro atoms. The highest BCUT2D eigenvalue weighted by Crippen LogP contribution is 2.36. The molecule has 0 radical (unpaired) electrons. The molecule has 0 bridgehead atoms. The van der Waals surface area contributed by atoms with Crippen molar-refractivity contribution >= 4 is 15.9 Å². The van der Waals surface area contributed by atoms with E-state index < -0.39 is 5.82 Å². The van der Waals surface area contributed by atoms with Gasteiger partial charge in [0.2, 0.25) is 0 Å². The van der Waals surface area contributed by atoms with Crippen molar-refractivity contribution in [1.29, 1.82) is 0 Å². The maximum atomic E-state index is 13.8. The van der Waals surface area contributed by atoms with Gasteiger partial charge < -0.3 is 14.2 Å². The number of hydrogen-bond donors (Lipinski definition) is 0. The molecule has 2 aromatic carbocycles. The van der Waals surface area contributed by atoms with Crippen LogP contribution >= 0.6 is 15.9 Å². The first-order chi connectivity index (χ1) is 10.1. The van der Waals surface area contributed by atoms with Crippen LogP contribution < -0.4 is 14.2 Å². The Balaban J connectivity index is 2.39. The van der Waals surface area contributed by atoms with Crippen LogP contribution in [0.4, 0.5) is 4.39 Å². The Morgan fingerprint density at radius 1 is 0.857 bits per heavy atom. The van der Waals surface area contributed by atoms with E-state index >= 15 is 0 Å². The molecule has 0 aliphatic heterocycles. The quantitative estimate of drug-likeness (QED) is 0.747. The van der Waals surface area contributed by atoms with Crippen molar-refractivity contribution in [2.75, 3.05) is 21.3 Å². The number of benzene rings is 2. The average molecular weight is 355 g/mol. The van der Waals surface area contributed by atoms with Gasteiger partial charge in [-0.2, -0.15) is 0 Å². The second kappa shape index (κ2) is 6.80. The van der Waals surface area contributed by atoms with Crippen molar-refractivity contribution in [3.8, 4) is 17.2 Å². The van der Waals surface area contributed by atoms with Crippen LogP contribution in [0.2, 0.25) is 0 Å². The smallest absolute Gasteiger partial charge is 0.165 e. The normalized spacial score (nSPS) is 11.9. The first kappa shape index (κ1) is 15.6. The summed E-state index contributed by atoms with van der Waals surface area (Å²) < 4.78 is 29.2. The van der Waals surface area contributed by atoms with Crippen molar-refractivity contribution < 1.29 is 18.6 Å². The van der Waals surface area contributed by atoms with Gasteiger partial charge in [-0.1, -0.05) is 22.0 Å². The van der Waals surface area contributed by atoms with Crippen LogP contribution in [0, 0.1) is 5.82 Å². The summed E-state index contributed by atoms with van der Waals surface area (Å²) in [5.41, 5.74) is 1.69. The van der Waals surface area contributed by atoms with E-state index in [1.165, 1.54) is 13.2 Å². The summed E-state index contributed by atoms with van der Waals surface area (Å²) in [6.07, 6.45) is 0. The summed E-state index contributed by atoms with van der Waals surface area (Å²) in [6.45, 7) is 0. The lowest BCUT2D eigenvalue weighted by Gasteiger charge is -2.14. The maximum absolute atomic E-state index is 13.8. The van der Waals surface area contributed by atoms with E-state index in [0.717, 1.165) is 11.1 Å². The fourth-order valence-corrected chi connectivity index (χ4v) is 2.56. The van der Waals surface area contributed by atoms with Gasteiger partial charge >= 0.3 is 0 Å². The van der Waals surface area contributed by atoms with Gasteiger partial charge in [-0.3, -0.25) is 0 Å². The van der Waals surface area contributed by atoms with Crippen molar-refractivity contribution in [2.24, 2.45) is 0 Å². The molecule has 0 saturated heterocycles. The lowest BCUT2D eigenvalue weighted by molar-refractivity contribution is 0.386. The van der Waals surface area contributed by atoms with E-state index in [4.69, 9.17) is 14.2 Å². The minimum Gasteiger partial charge on any atom is -0.497 e. The molecule has 2 aromatic rings. The van der Waals surface area contributed by atoms with Gasteiger partial charge in [0.05, 0.1) is 26.2 Å². The Bertz CT molecular complexity index is 609. The molecule has 1 atom stereocenters. The first-order valence-corrected chi connectivity index (χ1v) is 7.21. The number of ether oxygens (including phenoxy) is 3. The van der Waals surface area contributed by atoms with Gasteiger partial charge in [0.1, 0.15) is 11.5 Å². The molecule has 3 nitrogen and oxygen atoms in total. The third-order valence-electron chi connectivity index (χ3n) is 3.13. The van der Waals surface area contributed by atoms with Gasteiger partial charge in [-0.25, -0.2) is 4.39 Å². The summed E-state index contributed by atoms with van der Waals surface area (Å²) in [5, 5.41) is 0. The summed E-state index contributed by atoms with van der Waals surface area (Å²) >= 11 is 3.58. The summed E-state index contributed by atoms with van der Waals surface area (Å²) in [6, 6.07) is 10.4. The summed E-state index contributed by atoms with van der Waals surface area (Å²) in [7, 11) is 4.63. The Morgan fingerprint density at radius 3 is 1.95 bits per heavy atom. The zero-order chi connectivity index (χ0) is 15.4. The van der Waals surface area contributed by atoms with E-state index in [9.17, 15) is 4.39 Å². The number of hydrogen-bond acceptors (Lipinski definition) is 3. The predicted molar refractivity (Wildman–Crippen MR) is 83.3 cm³/mol. The van der Waals surface area contributed by atoms with Crippen LogP contribution in [-0.4, -0.2) is 21.3 Å². The molecule has 0 fully saturated rings. The Morgan fingerprint density at radius 2 is 1.48 bits per heavy atom. The van der Waals surface area contributed by atoms with Crippen LogP contribution in [0.3, 0.4) is 0 Å². The minimum absolute atomic E-state index is 0.179. The van der Waals surface area contributed by atoms with Crippen LogP contribution in [0.25, 0.3) is 0 Å². The van der Waals surface area contributed by atoms with Gasteiger partial charge in [0, 0.05) is 6.07 Å². The molecule has 0 aliphatic rings. The topological polar surface area (TPSA) is 27.7 Å². The molecule has 0 N–H and O–H groups in total. The van der Waals surface area contributed by atoms with E-state index in [-0.39, 0.29) is 10.6 Å². The van der Waals surface area contributed by atoms with E-state index in [0.29, 0.717) is 11.5 Å². The molecule has 1 unspecified atom stereocenters. The predicted octanol–water partition coefficient (Wildman–Crippen LogP) is 4.34. The molecule has 0 aliphatic carbocycles. The number of rotatable bonds is 5. The Hall–Kier alpha value is -1.75. The molecule has 0 saturated carbocycles. The SMILES string of the molecule is COc1cc(OC)cc(C(Br)c2ccc(OC)c(F)c2)c1. The molecule has 0 heterocycles. The van der Waals surface area contributed by atoms with E-state index in [1.54, 1.807) is 26.4 Å². The Labute approximate surface area is 131 Å². The second-order valence-electron chi connectivity index (χ2n) is 4.40. The fourth-order valence-electron chi connectivity index (χ4n) is 2.01. The fraction of sp³-hybridized carbons (Fsp3) is 0.250. The van der Waals surface area contributed by atoms with Gasteiger partial charge in [-0.05, 0) is 35.4 Å². The highest BCUT2D eigenvalue weighted by Gasteiger charge is 2.15. The first-order valence-electron chi connectivity index (χ1n) is 6.29. The largest absolute Gasteiger partial charge is 0.497 e. The monoisotopic (exact) mass is 354 g/mol. The molecular formula is C16H16BrFO3. The van der Waals surface area contributed by atoms with Gasteiger partial charge in [0.15, 0.2) is 11.6 Å². The maximum Gasteiger partial charge on any atom is 0.165 e. The highest BCUT2D eigenvalue weighted by atomic mass is 79.9. The number of alkyl halides is 1. The zero-order valence-corrected chi connectivity index (χ0v) is 13.6. The highest BCUT2D eigenvalue weighted by molar-refractivity contribution is 9.09. The van der Waals surface area contributed by atoms with Crippen LogP contribution in [0.1, 0.15) is 16.0 Å². The molecular weight excluding hydrogens is 339 g/mol. The molecule has 2 rings (SSSR count). The van der Waals surface area contributed by atoms with Crippen LogP contribution in [-0.2, 0) is 0 Å². The second-order valence-corrected chi connectivity index (χ2v) is 5.32. The van der Waals surface area contributed by atoms with Crippen molar-refractivity contribution in [2.45, 2.75) is 4.83 Å². The van der Waals surface area contributed by atoms with Crippen LogP contribution in [0.15, 0.2) is 36.4 Å². The van der Waals surface area contributed by atoms with Crippen LogP contribution in [0.5, 0.6) is 17.2 Å². The van der Waals surface area contributed by atoms with E-state index in [2.05, 4.69) is 15.9 Å². The molecule has 0 amide bonds. The van der Waals surface area contributed by atoms with Gasteiger partial charge in [0.25, 0.3) is 0 Å². The third kappa shape index (κ3) is 3.47. The minimum atomic E-state index is -0.394. The number of halogens is 2. The molecule has 0 aromatic heterocycles. The summed E-state index contributed by atoms with van der Waals surface area (Å²) in [4.78, 5) is -0.179. The third-order valence-corrected chi connectivity index (χ3v) is 4.19. The van der Waals surface area contributed by atoms with Crippen molar-refractivity contribution in [3.63, 3.8) is 0 Å². The molecule has 21 heavy (non-hydrogen) atoms. The van der Waals surface area contributed by atoms with Gasteiger partial charge in [-0.15, -0.1) is 0 Å². The van der Waals surface area contributed by atoms with E-state index in [1.807, 2.05) is 18.2 Å². The van der Waals surface area contributed by atoms with Crippen molar-refractivity contribution in [3.05, 3.63) is 53.3 Å². The molecule has 5 heteroatoms. The zero-order valence-electron chi connectivity index (χ0n) is 12.0. The lowest BCUT2D eigenvalue weighted by Crippen LogP contribution is -1.97. The van der Waals surface area contributed by atoms with Crippen molar-refractivity contribution in [1.82, 2.24) is 0 Å². The summed E-state index contributed by atoms with van der Waals surface area (Å²) in [5.74, 6) is 1.20. The average Bonchev–Trinajstić information content (AvgIpc) is 2.53. The number of methoxy groups -OCH3 is 3. The lowest BCUT2D eigenvalue weighted by atomic mass is 10.0. The molecule has 112 valence electrons. The Kier molecular flexibility index (Phi) is 5.07.